The van der Waals surface area contributed by atoms with Gasteiger partial charge in [0.1, 0.15) is 15.7 Å². The van der Waals surface area contributed by atoms with E-state index in [1.54, 1.807) is 0 Å². The zero-order valence-corrected chi connectivity index (χ0v) is 20.7. The number of nitrogens with two attached hydrogens (primary N) is 2. The van der Waals surface area contributed by atoms with Gasteiger partial charge in [-0.3, -0.25) is 0 Å². The van der Waals surface area contributed by atoms with E-state index in [1.165, 1.54) is 34.8 Å². The Balaban J connectivity index is 1.59. The van der Waals surface area contributed by atoms with Crippen LogP contribution in [0.4, 0.5) is 5.69 Å². The third-order valence-electron chi connectivity index (χ3n) is 6.65. The number of benzene rings is 1. The molecule has 2 aliphatic rings. The van der Waals surface area contributed by atoms with Crippen LogP contribution in [0, 0.1) is 0 Å². The quantitative estimate of drug-likeness (QED) is 0.519. The molecule has 0 aromatic heterocycles. The minimum absolute atomic E-state index is 0.200. The van der Waals surface area contributed by atoms with Crippen LogP contribution >= 0.6 is 0 Å². The van der Waals surface area contributed by atoms with Gasteiger partial charge in [-0.1, -0.05) is 38.5 Å². The number of aryl methyl sites for hydroxylation is 1. The SMILES string of the molecule is C=C(N)C1(S(=O)N2CCN(c3ccc(CCCCC)cc3)CC2)CCN(S(N)(=O)=O)CC1. The highest BCUT2D eigenvalue weighted by molar-refractivity contribution is 7.86. The molecule has 2 saturated heterocycles. The van der Waals surface area contributed by atoms with Crippen LogP contribution in [0.15, 0.2) is 36.5 Å². The first-order chi connectivity index (χ1) is 15.2. The van der Waals surface area contributed by atoms with E-state index < -0.39 is 25.9 Å². The second-order valence-electron chi connectivity index (χ2n) is 8.75. The Kier molecular flexibility index (Phi) is 8.37. The minimum atomic E-state index is -3.76. The van der Waals surface area contributed by atoms with E-state index in [1.807, 2.05) is 4.31 Å². The predicted molar refractivity (Wildman–Crippen MR) is 132 cm³/mol. The van der Waals surface area contributed by atoms with Crippen molar-refractivity contribution in [3.63, 3.8) is 0 Å². The second-order valence-corrected chi connectivity index (χ2v) is 12.1. The number of piperidine rings is 1. The van der Waals surface area contributed by atoms with Gasteiger partial charge in [0.15, 0.2) is 0 Å². The summed E-state index contributed by atoms with van der Waals surface area (Å²) < 4.78 is 39.2. The van der Waals surface area contributed by atoms with Gasteiger partial charge in [0, 0.05) is 50.7 Å². The van der Waals surface area contributed by atoms with Crippen molar-refractivity contribution in [2.75, 3.05) is 44.2 Å². The fourth-order valence-electron chi connectivity index (χ4n) is 4.52. The first-order valence-corrected chi connectivity index (χ1v) is 14.0. The number of anilines is 1. The summed E-state index contributed by atoms with van der Waals surface area (Å²) in [6.45, 7) is 9.37. The molecule has 0 radical (unpaired) electrons. The number of unbranched alkanes of at least 4 members (excludes halogenated alkanes) is 2. The average molecular weight is 484 g/mol. The monoisotopic (exact) mass is 483 g/mol. The van der Waals surface area contributed by atoms with Gasteiger partial charge < -0.3 is 10.6 Å². The molecule has 32 heavy (non-hydrogen) atoms. The normalized spacial score (nSPS) is 21.4. The van der Waals surface area contributed by atoms with E-state index in [0.717, 1.165) is 19.5 Å². The molecular formula is C22H37N5O3S2. The Bertz CT molecular complexity index is 904. The van der Waals surface area contributed by atoms with Crippen LogP contribution in [0.1, 0.15) is 44.6 Å². The summed E-state index contributed by atoms with van der Waals surface area (Å²) in [5, 5.41) is 5.26. The third-order valence-corrected chi connectivity index (χ3v) is 9.91. The fourth-order valence-corrected chi connectivity index (χ4v) is 6.96. The van der Waals surface area contributed by atoms with Crippen LogP contribution < -0.4 is 15.8 Å². The van der Waals surface area contributed by atoms with Gasteiger partial charge >= 0.3 is 0 Å². The smallest absolute Gasteiger partial charge is 0.276 e. The Morgan fingerprint density at radius 2 is 1.66 bits per heavy atom. The standard InChI is InChI=1S/C22H37N5O3S2/c1-3-4-5-6-20-7-9-21(10-8-20)25-15-17-26(18-16-25)31(28)22(19(2)23)11-13-27(14-12-22)32(24,29)30/h7-10H,2-6,11-18,23H2,1H3,(H2,24,29,30). The molecule has 1 unspecified atom stereocenters. The molecule has 3 rings (SSSR count). The molecule has 1 aromatic carbocycles. The predicted octanol–water partition coefficient (Wildman–Crippen LogP) is 1.72. The number of hydrogen-bond acceptors (Lipinski definition) is 5. The molecule has 0 amide bonds. The van der Waals surface area contributed by atoms with Crippen LogP contribution in [0.5, 0.6) is 0 Å². The lowest BCUT2D eigenvalue weighted by Gasteiger charge is -2.44. The molecule has 8 nitrogen and oxygen atoms in total. The summed E-state index contributed by atoms with van der Waals surface area (Å²) in [4.78, 5) is 2.32. The van der Waals surface area contributed by atoms with Crippen LogP contribution in [0.25, 0.3) is 0 Å². The largest absolute Gasteiger partial charge is 0.401 e. The number of piperazine rings is 1. The van der Waals surface area contributed by atoms with Gasteiger partial charge in [0.25, 0.3) is 10.2 Å². The van der Waals surface area contributed by atoms with Crippen molar-refractivity contribution in [3.05, 3.63) is 42.1 Å². The third kappa shape index (κ3) is 5.72. The van der Waals surface area contributed by atoms with E-state index in [4.69, 9.17) is 10.9 Å². The van der Waals surface area contributed by atoms with Crippen molar-refractivity contribution >= 4 is 26.9 Å². The molecule has 10 heteroatoms. The van der Waals surface area contributed by atoms with Crippen molar-refractivity contribution in [2.45, 2.75) is 50.2 Å². The molecule has 2 aliphatic heterocycles. The van der Waals surface area contributed by atoms with Crippen LogP contribution in [-0.4, -0.2) is 65.3 Å². The summed E-state index contributed by atoms with van der Waals surface area (Å²) in [5.74, 6) is 0. The van der Waals surface area contributed by atoms with Crippen LogP contribution in [0.3, 0.4) is 0 Å². The molecule has 0 bridgehead atoms. The Morgan fingerprint density at radius 1 is 1.06 bits per heavy atom. The number of nitrogens with zero attached hydrogens (tertiary/aromatic N) is 3. The number of hydrogen-bond donors (Lipinski definition) is 2. The van der Waals surface area contributed by atoms with Crippen LogP contribution in [0.2, 0.25) is 0 Å². The highest BCUT2D eigenvalue weighted by atomic mass is 32.2. The van der Waals surface area contributed by atoms with Crippen molar-refractivity contribution in [2.24, 2.45) is 10.9 Å². The van der Waals surface area contributed by atoms with Crippen LogP contribution in [-0.2, 0) is 27.6 Å². The second kappa shape index (κ2) is 10.6. The number of rotatable bonds is 9. The summed E-state index contributed by atoms with van der Waals surface area (Å²) >= 11 is 0. The molecule has 180 valence electrons. The molecule has 1 atom stereocenters. The van der Waals surface area contributed by atoms with Gasteiger partial charge in [-0.15, -0.1) is 0 Å². The Labute approximate surface area is 195 Å². The van der Waals surface area contributed by atoms with Gasteiger partial charge in [0.05, 0.1) is 0 Å². The van der Waals surface area contributed by atoms with Gasteiger partial charge in [-0.05, 0) is 43.4 Å². The lowest BCUT2D eigenvalue weighted by atomic mass is 9.94. The zero-order chi connectivity index (χ0) is 23.4. The molecule has 2 heterocycles. The molecule has 4 N–H and O–H groups in total. The summed E-state index contributed by atoms with van der Waals surface area (Å²) in [5.41, 5.74) is 9.03. The lowest BCUT2D eigenvalue weighted by Crippen LogP contribution is -2.58. The highest BCUT2D eigenvalue weighted by Gasteiger charge is 2.46. The summed E-state index contributed by atoms with van der Waals surface area (Å²) in [6.07, 6.45) is 5.54. The zero-order valence-electron chi connectivity index (χ0n) is 19.0. The van der Waals surface area contributed by atoms with E-state index in [0.29, 0.717) is 31.6 Å². The van der Waals surface area contributed by atoms with Crippen molar-refractivity contribution in [3.8, 4) is 0 Å². The van der Waals surface area contributed by atoms with E-state index in [2.05, 4.69) is 42.7 Å². The van der Waals surface area contributed by atoms with E-state index in [-0.39, 0.29) is 13.1 Å². The molecule has 0 spiro atoms. The lowest BCUT2D eigenvalue weighted by molar-refractivity contribution is 0.301. The maximum atomic E-state index is 13.6. The Morgan fingerprint density at radius 3 is 2.16 bits per heavy atom. The average Bonchev–Trinajstić information content (AvgIpc) is 2.78. The first-order valence-electron chi connectivity index (χ1n) is 11.4. The van der Waals surface area contributed by atoms with Crippen molar-refractivity contribution in [1.29, 1.82) is 0 Å². The van der Waals surface area contributed by atoms with Crippen molar-refractivity contribution < 1.29 is 12.6 Å². The van der Waals surface area contributed by atoms with Gasteiger partial charge in [0.2, 0.25) is 0 Å². The van der Waals surface area contributed by atoms with E-state index >= 15 is 0 Å². The molecule has 2 fully saturated rings. The van der Waals surface area contributed by atoms with Gasteiger partial charge in [-0.25, -0.2) is 13.7 Å². The minimum Gasteiger partial charge on any atom is -0.401 e. The molecule has 0 saturated carbocycles. The molecule has 1 aromatic rings. The maximum absolute atomic E-state index is 13.6. The molecule has 0 aliphatic carbocycles. The summed E-state index contributed by atoms with van der Waals surface area (Å²) in [7, 11) is -5.14. The summed E-state index contributed by atoms with van der Waals surface area (Å²) in [6, 6.07) is 8.78. The van der Waals surface area contributed by atoms with Crippen molar-refractivity contribution in [1.82, 2.24) is 8.61 Å². The Hall–Kier alpha value is -1.46. The maximum Gasteiger partial charge on any atom is 0.276 e. The first kappa shape index (κ1) is 25.2. The van der Waals surface area contributed by atoms with Gasteiger partial charge in [-0.2, -0.15) is 12.7 Å². The van der Waals surface area contributed by atoms with E-state index in [9.17, 15) is 12.6 Å². The topological polar surface area (TPSA) is 113 Å². The fraction of sp³-hybridized carbons (Fsp3) is 0.636. The highest BCUT2D eigenvalue weighted by Crippen LogP contribution is 2.35. The molecular weight excluding hydrogens is 446 g/mol.